The van der Waals surface area contributed by atoms with E-state index < -0.39 is 0 Å². The molecule has 0 unspecified atom stereocenters. The van der Waals surface area contributed by atoms with Crippen molar-refractivity contribution in [3.05, 3.63) is 11.6 Å². The highest BCUT2D eigenvalue weighted by Gasteiger charge is 2.68. The van der Waals surface area contributed by atoms with Gasteiger partial charge in [-0.3, -0.25) is 0 Å². The lowest BCUT2D eigenvalue weighted by atomic mass is 9.35. The Bertz CT molecular complexity index is 777. The molecule has 1 nitrogen and oxygen atoms in total. The Kier molecular flexibility index (Phi) is 4.82. The second-order valence-corrected chi connectivity index (χ2v) is 14.8. The van der Waals surface area contributed by atoms with Crippen LogP contribution in [0.25, 0.3) is 0 Å². The minimum Gasteiger partial charge on any atom is -0.392 e. The summed E-state index contributed by atoms with van der Waals surface area (Å²) in [4.78, 5) is 0. The Morgan fingerprint density at radius 3 is 2.23 bits per heavy atom. The molecule has 1 N–H and O–H groups in total. The van der Waals surface area contributed by atoms with Crippen LogP contribution in [0.5, 0.6) is 0 Å². The average molecular weight is 427 g/mol. The van der Waals surface area contributed by atoms with Crippen molar-refractivity contribution in [2.75, 3.05) is 0 Å². The van der Waals surface area contributed by atoms with Gasteiger partial charge in [-0.15, -0.1) is 0 Å². The number of rotatable bonds is 1. The lowest BCUT2D eigenvalue weighted by molar-refractivity contribution is -0.194. The highest BCUT2D eigenvalue weighted by molar-refractivity contribution is 5.36. The Labute approximate surface area is 192 Å². The van der Waals surface area contributed by atoms with E-state index in [2.05, 4.69) is 61.5 Å². The third kappa shape index (κ3) is 2.65. The van der Waals surface area contributed by atoms with Gasteiger partial charge in [0, 0.05) is 5.41 Å². The van der Waals surface area contributed by atoms with E-state index in [4.69, 9.17) is 0 Å². The molecule has 0 amide bonds. The standard InChI is InChI=1S/C30H50O/c1-19(2)20-10-11-21-27(20,5)16-12-23-29(21,7)17-13-22-28(6)15-9-14-26(3,4)24(28)18-25(31)30(22,23)8/h12,19-22,24-25,31H,9-11,13-18H2,1-8H3/t20-,21-,22-,24+,25-,27-,28-,29+,30-/m1/s1. The van der Waals surface area contributed by atoms with Crippen molar-refractivity contribution in [1.82, 2.24) is 0 Å². The van der Waals surface area contributed by atoms with E-state index in [0.717, 1.165) is 24.2 Å². The fraction of sp³-hybridized carbons (Fsp3) is 0.933. The van der Waals surface area contributed by atoms with E-state index in [1.807, 2.05) is 0 Å². The second kappa shape index (κ2) is 6.64. The molecule has 0 saturated heterocycles. The Balaban J connectivity index is 1.59. The molecule has 0 spiro atoms. The molecule has 176 valence electrons. The summed E-state index contributed by atoms with van der Waals surface area (Å²) in [6.07, 6.45) is 14.3. The third-order valence-corrected chi connectivity index (χ3v) is 12.8. The van der Waals surface area contributed by atoms with E-state index in [9.17, 15) is 5.11 Å². The van der Waals surface area contributed by atoms with Crippen LogP contribution < -0.4 is 0 Å². The van der Waals surface area contributed by atoms with E-state index in [1.54, 1.807) is 5.57 Å². The summed E-state index contributed by atoms with van der Waals surface area (Å²) in [5.41, 5.74) is 3.16. The van der Waals surface area contributed by atoms with Gasteiger partial charge >= 0.3 is 0 Å². The maximum absolute atomic E-state index is 11.9. The number of aliphatic hydroxyl groups excluding tert-OH is 1. The molecule has 4 fully saturated rings. The first-order valence-corrected chi connectivity index (χ1v) is 13.7. The zero-order valence-electron chi connectivity index (χ0n) is 21.9. The molecule has 9 atom stereocenters. The molecular formula is C30H50O. The Morgan fingerprint density at radius 2 is 1.55 bits per heavy atom. The van der Waals surface area contributed by atoms with Crippen LogP contribution in [0.15, 0.2) is 11.6 Å². The SMILES string of the molecule is CC(C)[C@H]1CC[C@@H]2[C@]1(C)CC=C1[C@]3(C)[C@H](O)C[C@H]4C(C)(C)CCC[C@]4(C)[C@H]3CC[C@]12C. The molecule has 0 heterocycles. The van der Waals surface area contributed by atoms with Crippen molar-refractivity contribution in [2.45, 2.75) is 119 Å². The van der Waals surface area contributed by atoms with Crippen LogP contribution in [0, 0.1) is 56.7 Å². The van der Waals surface area contributed by atoms with Crippen molar-refractivity contribution in [2.24, 2.45) is 56.7 Å². The Hall–Kier alpha value is -0.300. The summed E-state index contributed by atoms with van der Waals surface area (Å²) in [6, 6.07) is 0. The lowest BCUT2D eigenvalue weighted by Crippen LogP contribution is -2.65. The normalized spacial score (nSPS) is 55.7. The second-order valence-electron chi connectivity index (χ2n) is 14.8. The summed E-state index contributed by atoms with van der Waals surface area (Å²) >= 11 is 0. The summed E-state index contributed by atoms with van der Waals surface area (Å²) in [5.74, 6) is 3.74. The zero-order valence-corrected chi connectivity index (χ0v) is 21.9. The first-order valence-electron chi connectivity index (χ1n) is 13.7. The van der Waals surface area contributed by atoms with Crippen LogP contribution in [-0.4, -0.2) is 11.2 Å². The Morgan fingerprint density at radius 1 is 0.839 bits per heavy atom. The van der Waals surface area contributed by atoms with Gasteiger partial charge < -0.3 is 5.11 Å². The van der Waals surface area contributed by atoms with Crippen LogP contribution in [0.3, 0.4) is 0 Å². The minimum atomic E-state index is -0.175. The van der Waals surface area contributed by atoms with Crippen LogP contribution in [-0.2, 0) is 0 Å². The first kappa shape index (κ1) is 22.5. The zero-order chi connectivity index (χ0) is 22.6. The van der Waals surface area contributed by atoms with Crippen molar-refractivity contribution in [3.63, 3.8) is 0 Å². The number of hydrogen-bond acceptors (Lipinski definition) is 1. The van der Waals surface area contributed by atoms with E-state index in [-0.39, 0.29) is 16.9 Å². The maximum atomic E-state index is 11.9. The van der Waals surface area contributed by atoms with Gasteiger partial charge in [-0.05, 0) is 103 Å². The van der Waals surface area contributed by atoms with Gasteiger partial charge in [0.2, 0.25) is 0 Å². The number of hydrogen-bond donors (Lipinski definition) is 1. The van der Waals surface area contributed by atoms with Gasteiger partial charge in [-0.25, -0.2) is 0 Å². The van der Waals surface area contributed by atoms with Gasteiger partial charge in [0.1, 0.15) is 0 Å². The summed E-state index contributed by atoms with van der Waals surface area (Å²) in [6.45, 7) is 20.3. The van der Waals surface area contributed by atoms with Crippen LogP contribution in [0.2, 0.25) is 0 Å². The summed E-state index contributed by atoms with van der Waals surface area (Å²) in [7, 11) is 0. The fourth-order valence-corrected chi connectivity index (χ4v) is 11.6. The maximum Gasteiger partial charge on any atom is 0.0637 e. The smallest absolute Gasteiger partial charge is 0.0637 e. The third-order valence-electron chi connectivity index (χ3n) is 12.8. The van der Waals surface area contributed by atoms with Crippen LogP contribution >= 0.6 is 0 Å². The fourth-order valence-electron chi connectivity index (χ4n) is 11.6. The van der Waals surface area contributed by atoms with Crippen LogP contribution in [0.4, 0.5) is 0 Å². The predicted molar refractivity (Wildman–Crippen MR) is 131 cm³/mol. The van der Waals surface area contributed by atoms with Crippen molar-refractivity contribution >= 4 is 0 Å². The van der Waals surface area contributed by atoms with Crippen molar-refractivity contribution in [1.29, 1.82) is 0 Å². The van der Waals surface area contributed by atoms with Gasteiger partial charge in [0.15, 0.2) is 0 Å². The molecule has 4 saturated carbocycles. The molecule has 5 aliphatic carbocycles. The van der Waals surface area contributed by atoms with Gasteiger partial charge in [-0.1, -0.05) is 73.5 Å². The predicted octanol–water partition coefficient (Wildman–Crippen LogP) is 8.02. The molecule has 0 aromatic rings. The molecule has 0 bridgehead atoms. The number of fused-ring (bicyclic) bond motifs is 7. The quantitative estimate of drug-likeness (QED) is 0.421. The average Bonchev–Trinajstić information content (AvgIpc) is 3.02. The minimum absolute atomic E-state index is 0.0249. The summed E-state index contributed by atoms with van der Waals surface area (Å²) in [5, 5.41) is 11.9. The molecule has 5 rings (SSSR count). The van der Waals surface area contributed by atoms with E-state index >= 15 is 0 Å². The van der Waals surface area contributed by atoms with E-state index in [1.165, 1.54) is 51.4 Å². The molecule has 1 heteroatoms. The molecule has 0 aromatic heterocycles. The highest BCUT2D eigenvalue weighted by Crippen LogP contribution is 2.75. The lowest BCUT2D eigenvalue weighted by Gasteiger charge is -2.70. The van der Waals surface area contributed by atoms with Crippen LogP contribution in [0.1, 0.15) is 113 Å². The highest BCUT2D eigenvalue weighted by atomic mass is 16.3. The monoisotopic (exact) mass is 426 g/mol. The number of aliphatic hydroxyl groups is 1. The molecule has 5 aliphatic rings. The summed E-state index contributed by atoms with van der Waals surface area (Å²) < 4.78 is 0. The van der Waals surface area contributed by atoms with Gasteiger partial charge in [0.25, 0.3) is 0 Å². The molecule has 31 heavy (non-hydrogen) atoms. The van der Waals surface area contributed by atoms with Gasteiger partial charge in [0.05, 0.1) is 6.10 Å². The molecule has 0 aliphatic heterocycles. The van der Waals surface area contributed by atoms with Crippen molar-refractivity contribution < 1.29 is 5.11 Å². The molecular weight excluding hydrogens is 376 g/mol. The first-order chi connectivity index (χ1) is 14.3. The van der Waals surface area contributed by atoms with E-state index in [0.29, 0.717) is 28.1 Å². The van der Waals surface area contributed by atoms with Gasteiger partial charge in [-0.2, -0.15) is 0 Å². The number of allylic oxidation sites excluding steroid dienone is 1. The molecule has 0 aromatic carbocycles. The topological polar surface area (TPSA) is 20.2 Å². The van der Waals surface area contributed by atoms with Crippen molar-refractivity contribution in [3.8, 4) is 0 Å². The largest absolute Gasteiger partial charge is 0.392 e. The molecule has 0 radical (unpaired) electrons.